The lowest BCUT2D eigenvalue weighted by Crippen LogP contribution is -1.92. The van der Waals surface area contributed by atoms with Crippen molar-refractivity contribution in [2.75, 3.05) is 5.73 Å². The standard InChI is InChI=1S/C8H5N5S2/c9-2-5-1-6(10)7(11-3-5)15-8-13-12-4-14-8/h1,3-4H,10H2. The van der Waals surface area contributed by atoms with E-state index in [0.29, 0.717) is 16.3 Å². The van der Waals surface area contributed by atoms with E-state index < -0.39 is 0 Å². The third-order valence-corrected chi connectivity index (χ3v) is 3.34. The van der Waals surface area contributed by atoms with Gasteiger partial charge in [-0.05, 0) is 17.8 Å². The molecule has 0 aliphatic rings. The van der Waals surface area contributed by atoms with Gasteiger partial charge in [0.05, 0.1) is 11.3 Å². The molecule has 0 aliphatic carbocycles. The zero-order chi connectivity index (χ0) is 10.7. The van der Waals surface area contributed by atoms with Gasteiger partial charge in [0.15, 0.2) is 4.34 Å². The van der Waals surface area contributed by atoms with Gasteiger partial charge in [-0.1, -0.05) is 11.3 Å². The molecule has 0 spiro atoms. The Labute approximate surface area is 94.0 Å². The highest BCUT2D eigenvalue weighted by Crippen LogP contribution is 2.30. The van der Waals surface area contributed by atoms with Gasteiger partial charge < -0.3 is 5.73 Å². The molecule has 0 bridgehead atoms. The van der Waals surface area contributed by atoms with Crippen LogP contribution in [0.1, 0.15) is 5.56 Å². The summed E-state index contributed by atoms with van der Waals surface area (Å²) in [5.74, 6) is 0. The van der Waals surface area contributed by atoms with Gasteiger partial charge in [0, 0.05) is 6.20 Å². The number of anilines is 1. The van der Waals surface area contributed by atoms with Crippen molar-refractivity contribution < 1.29 is 0 Å². The van der Waals surface area contributed by atoms with E-state index in [1.165, 1.54) is 29.3 Å². The molecule has 15 heavy (non-hydrogen) atoms. The SMILES string of the molecule is N#Cc1cnc(Sc2nncs2)c(N)c1. The maximum Gasteiger partial charge on any atom is 0.180 e. The molecule has 0 aromatic carbocycles. The summed E-state index contributed by atoms with van der Waals surface area (Å²) in [4.78, 5) is 4.08. The Kier molecular flexibility index (Phi) is 2.80. The van der Waals surface area contributed by atoms with Crippen LogP contribution in [0.5, 0.6) is 0 Å². The highest BCUT2D eigenvalue weighted by atomic mass is 32.2. The molecule has 2 heterocycles. The average molecular weight is 235 g/mol. The van der Waals surface area contributed by atoms with Gasteiger partial charge in [0.2, 0.25) is 0 Å². The van der Waals surface area contributed by atoms with Gasteiger partial charge in [-0.15, -0.1) is 10.2 Å². The minimum absolute atomic E-state index is 0.453. The van der Waals surface area contributed by atoms with Crippen LogP contribution in [0, 0.1) is 11.3 Å². The Morgan fingerprint density at radius 3 is 3.00 bits per heavy atom. The number of nitrogen functional groups attached to an aromatic ring is 1. The fourth-order valence-corrected chi connectivity index (χ4v) is 2.28. The van der Waals surface area contributed by atoms with Gasteiger partial charge >= 0.3 is 0 Å². The maximum atomic E-state index is 8.64. The summed E-state index contributed by atoms with van der Waals surface area (Å²) in [6.45, 7) is 0. The molecule has 0 atom stereocenters. The van der Waals surface area contributed by atoms with Gasteiger partial charge in [0.1, 0.15) is 16.6 Å². The molecule has 7 heteroatoms. The number of hydrogen-bond acceptors (Lipinski definition) is 7. The van der Waals surface area contributed by atoms with Gasteiger partial charge in [-0.2, -0.15) is 5.26 Å². The van der Waals surface area contributed by atoms with E-state index in [4.69, 9.17) is 11.0 Å². The average Bonchev–Trinajstić information content (AvgIpc) is 2.74. The van der Waals surface area contributed by atoms with E-state index in [1.807, 2.05) is 6.07 Å². The number of nitrogens with two attached hydrogens (primary N) is 1. The van der Waals surface area contributed by atoms with Crippen molar-refractivity contribution in [3.63, 3.8) is 0 Å². The molecule has 0 amide bonds. The van der Waals surface area contributed by atoms with Crippen LogP contribution in [0.2, 0.25) is 0 Å². The van der Waals surface area contributed by atoms with Crippen molar-refractivity contribution in [1.29, 1.82) is 5.26 Å². The first kappa shape index (κ1) is 9.89. The van der Waals surface area contributed by atoms with Crippen LogP contribution in [-0.2, 0) is 0 Å². The smallest absolute Gasteiger partial charge is 0.180 e. The zero-order valence-corrected chi connectivity index (χ0v) is 9.05. The summed E-state index contributed by atoms with van der Waals surface area (Å²) in [7, 11) is 0. The fourth-order valence-electron chi connectivity index (χ4n) is 0.906. The monoisotopic (exact) mass is 235 g/mol. The molecule has 0 fully saturated rings. The summed E-state index contributed by atoms with van der Waals surface area (Å²) in [5.41, 5.74) is 8.31. The van der Waals surface area contributed by atoms with E-state index in [9.17, 15) is 0 Å². The van der Waals surface area contributed by atoms with Gasteiger partial charge in [-0.3, -0.25) is 0 Å². The number of nitriles is 1. The molecular formula is C8H5N5S2. The van der Waals surface area contributed by atoms with Crippen LogP contribution in [0.4, 0.5) is 5.69 Å². The van der Waals surface area contributed by atoms with Gasteiger partial charge in [0.25, 0.3) is 0 Å². The second-order valence-electron chi connectivity index (χ2n) is 2.54. The third-order valence-electron chi connectivity index (χ3n) is 1.53. The zero-order valence-electron chi connectivity index (χ0n) is 7.41. The summed E-state index contributed by atoms with van der Waals surface area (Å²) in [6.07, 6.45) is 1.49. The quantitative estimate of drug-likeness (QED) is 0.849. The fraction of sp³-hybridized carbons (Fsp3) is 0. The summed E-state index contributed by atoms with van der Waals surface area (Å²) < 4.78 is 0.777. The minimum Gasteiger partial charge on any atom is -0.396 e. The Morgan fingerprint density at radius 1 is 1.53 bits per heavy atom. The Morgan fingerprint density at radius 2 is 2.40 bits per heavy atom. The molecule has 0 saturated carbocycles. The molecule has 2 N–H and O–H groups in total. The second kappa shape index (κ2) is 4.25. The molecule has 0 unspecified atom stereocenters. The van der Waals surface area contributed by atoms with E-state index in [1.54, 1.807) is 11.6 Å². The van der Waals surface area contributed by atoms with Crippen LogP contribution in [0.25, 0.3) is 0 Å². The number of pyridine rings is 1. The molecule has 0 radical (unpaired) electrons. The Bertz CT molecular complexity index is 502. The highest BCUT2D eigenvalue weighted by molar-refractivity contribution is 8.01. The predicted octanol–water partition coefficient (Wildman–Crippen LogP) is 1.54. The van der Waals surface area contributed by atoms with Crippen molar-refractivity contribution in [3.8, 4) is 6.07 Å². The molecule has 0 saturated heterocycles. The topological polar surface area (TPSA) is 88.5 Å². The lowest BCUT2D eigenvalue weighted by atomic mass is 10.3. The molecular weight excluding hydrogens is 230 g/mol. The lowest BCUT2D eigenvalue weighted by molar-refractivity contribution is 1.01. The number of rotatable bonds is 2. The largest absolute Gasteiger partial charge is 0.396 e. The first-order valence-corrected chi connectivity index (χ1v) is 5.59. The molecule has 0 aliphatic heterocycles. The van der Waals surface area contributed by atoms with Crippen molar-refractivity contribution in [3.05, 3.63) is 23.3 Å². The van der Waals surface area contributed by atoms with E-state index >= 15 is 0 Å². The Hall–Kier alpha value is -1.65. The predicted molar refractivity (Wildman–Crippen MR) is 57.4 cm³/mol. The normalized spacial score (nSPS) is 9.80. The maximum absolute atomic E-state index is 8.64. The number of hydrogen-bond donors (Lipinski definition) is 1. The number of nitrogens with zero attached hydrogens (tertiary/aromatic N) is 4. The van der Waals surface area contributed by atoms with Gasteiger partial charge in [-0.25, -0.2) is 4.98 Å². The van der Waals surface area contributed by atoms with E-state index in [2.05, 4.69) is 15.2 Å². The molecule has 2 aromatic rings. The molecule has 2 rings (SSSR count). The minimum atomic E-state index is 0.453. The first-order valence-electron chi connectivity index (χ1n) is 3.89. The second-order valence-corrected chi connectivity index (χ2v) is 4.61. The first-order chi connectivity index (χ1) is 7.29. The van der Waals surface area contributed by atoms with Crippen LogP contribution in [0.3, 0.4) is 0 Å². The summed E-state index contributed by atoms with van der Waals surface area (Å²) >= 11 is 2.76. The van der Waals surface area contributed by atoms with Crippen LogP contribution in [0.15, 0.2) is 27.1 Å². The molecule has 2 aromatic heterocycles. The van der Waals surface area contributed by atoms with Crippen molar-refractivity contribution >= 4 is 28.8 Å². The highest BCUT2D eigenvalue weighted by Gasteiger charge is 2.06. The lowest BCUT2D eigenvalue weighted by Gasteiger charge is -2.00. The number of aromatic nitrogens is 3. The van der Waals surface area contributed by atoms with Crippen LogP contribution >= 0.6 is 23.1 Å². The van der Waals surface area contributed by atoms with Crippen molar-refractivity contribution in [1.82, 2.24) is 15.2 Å². The summed E-state index contributed by atoms with van der Waals surface area (Å²) in [6, 6.07) is 3.57. The van der Waals surface area contributed by atoms with E-state index in [0.717, 1.165) is 4.34 Å². The molecule has 74 valence electrons. The van der Waals surface area contributed by atoms with E-state index in [-0.39, 0.29) is 0 Å². The van der Waals surface area contributed by atoms with Crippen molar-refractivity contribution in [2.24, 2.45) is 0 Å². The van der Waals surface area contributed by atoms with Crippen molar-refractivity contribution in [2.45, 2.75) is 9.37 Å². The van der Waals surface area contributed by atoms with Crippen LogP contribution in [-0.4, -0.2) is 15.2 Å². The molecule has 5 nitrogen and oxygen atoms in total. The summed E-state index contributed by atoms with van der Waals surface area (Å²) in [5, 5.41) is 16.9. The third kappa shape index (κ3) is 2.23. The Balaban J connectivity index is 2.27. The van der Waals surface area contributed by atoms with Crippen LogP contribution < -0.4 is 5.73 Å².